The van der Waals surface area contributed by atoms with Gasteiger partial charge < -0.3 is 10.1 Å². The van der Waals surface area contributed by atoms with E-state index >= 15 is 0 Å². The largest absolute Gasteiger partial charge is 0.493 e. The smallest absolute Gasteiger partial charge is 0.123 e. The molecule has 2 heterocycles. The second kappa shape index (κ2) is 5.24. The third kappa shape index (κ3) is 2.65. The van der Waals surface area contributed by atoms with Crippen LogP contribution in [0.2, 0.25) is 0 Å². The van der Waals surface area contributed by atoms with Crippen molar-refractivity contribution >= 4 is 0 Å². The van der Waals surface area contributed by atoms with Gasteiger partial charge in [-0.05, 0) is 30.7 Å². The molecule has 3 rings (SSSR count). The molecule has 2 aliphatic rings. The number of rotatable bonds is 3. The maximum Gasteiger partial charge on any atom is 0.123 e. The molecule has 0 aromatic heterocycles. The molecule has 0 spiro atoms. The monoisotopic (exact) mass is 250 g/mol. The lowest BCUT2D eigenvalue weighted by Gasteiger charge is -2.29. The number of hydrogen-bond donors (Lipinski definition) is 1. The standard InChI is InChI=1S/C14H19FN2O/c15-12-1-3-14(4-2-12)18-10-11-7-13-8-16-5-6-17(13)9-11/h1-4,11,13,16H,5-10H2/t11?,13-/m0/s1. The molecule has 0 aliphatic carbocycles. The van der Waals surface area contributed by atoms with Crippen LogP contribution >= 0.6 is 0 Å². The highest BCUT2D eigenvalue weighted by Crippen LogP contribution is 2.25. The third-order valence-electron chi connectivity index (χ3n) is 3.87. The molecule has 0 radical (unpaired) electrons. The highest BCUT2D eigenvalue weighted by Gasteiger charge is 2.33. The van der Waals surface area contributed by atoms with E-state index in [1.807, 2.05) is 0 Å². The van der Waals surface area contributed by atoms with Crippen LogP contribution < -0.4 is 10.1 Å². The molecule has 0 saturated carbocycles. The predicted molar refractivity (Wildman–Crippen MR) is 68.2 cm³/mol. The van der Waals surface area contributed by atoms with Gasteiger partial charge in [0.15, 0.2) is 0 Å². The Morgan fingerprint density at radius 1 is 1.33 bits per heavy atom. The van der Waals surface area contributed by atoms with Crippen molar-refractivity contribution in [2.45, 2.75) is 12.5 Å². The van der Waals surface area contributed by atoms with Crippen molar-refractivity contribution in [1.29, 1.82) is 0 Å². The normalized spacial score (nSPS) is 28.1. The van der Waals surface area contributed by atoms with E-state index in [1.165, 1.54) is 18.6 Å². The number of benzene rings is 1. The summed E-state index contributed by atoms with van der Waals surface area (Å²) in [4.78, 5) is 2.55. The molecular weight excluding hydrogens is 231 g/mol. The van der Waals surface area contributed by atoms with Crippen LogP contribution in [-0.2, 0) is 0 Å². The van der Waals surface area contributed by atoms with Crippen molar-refractivity contribution in [3.05, 3.63) is 30.1 Å². The lowest BCUT2D eigenvalue weighted by molar-refractivity contribution is 0.203. The molecule has 0 bridgehead atoms. The molecular formula is C14H19FN2O. The molecule has 2 aliphatic heterocycles. The Bertz CT molecular complexity index is 381. The Morgan fingerprint density at radius 2 is 2.17 bits per heavy atom. The molecule has 18 heavy (non-hydrogen) atoms. The van der Waals surface area contributed by atoms with Crippen LogP contribution in [0.25, 0.3) is 0 Å². The summed E-state index contributed by atoms with van der Waals surface area (Å²) in [6.45, 7) is 5.22. The minimum atomic E-state index is -0.216. The zero-order valence-corrected chi connectivity index (χ0v) is 10.4. The topological polar surface area (TPSA) is 24.5 Å². The first kappa shape index (κ1) is 11.9. The van der Waals surface area contributed by atoms with Crippen LogP contribution in [0.3, 0.4) is 0 Å². The van der Waals surface area contributed by atoms with Crippen molar-refractivity contribution in [2.75, 3.05) is 32.8 Å². The van der Waals surface area contributed by atoms with Crippen LogP contribution in [-0.4, -0.2) is 43.7 Å². The van der Waals surface area contributed by atoms with Gasteiger partial charge in [-0.1, -0.05) is 0 Å². The summed E-state index contributed by atoms with van der Waals surface area (Å²) in [5, 5.41) is 3.43. The van der Waals surface area contributed by atoms with Crippen molar-refractivity contribution in [1.82, 2.24) is 10.2 Å². The number of hydrogen-bond acceptors (Lipinski definition) is 3. The van der Waals surface area contributed by atoms with Gasteiger partial charge in [0.25, 0.3) is 0 Å². The second-order valence-corrected chi connectivity index (χ2v) is 5.22. The average Bonchev–Trinajstić information content (AvgIpc) is 2.81. The highest BCUT2D eigenvalue weighted by atomic mass is 19.1. The Labute approximate surface area is 107 Å². The van der Waals surface area contributed by atoms with E-state index in [4.69, 9.17) is 4.74 Å². The Hall–Kier alpha value is -1.13. The van der Waals surface area contributed by atoms with E-state index in [9.17, 15) is 4.39 Å². The molecule has 1 unspecified atom stereocenters. The molecule has 1 aromatic carbocycles. The molecule has 98 valence electrons. The fourth-order valence-corrected chi connectivity index (χ4v) is 2.93. The van der Waals surface area contributed by atoms with Crippen LogP contribution in [0.4, 0.5) is 4.39 Å². The molecule has 2 fully saturated rings. The van der Waals surface area contributed by atoms with Gasteiger partial charge in [0.2, 0.25) is 0 Å². The van der Waals surface area contributed by atoms with E-state index in [2.05, 4.69) is 10.2 Å². The number of nitrogens with one attached hydrogen (secondary N) is 1. The molecule has 2 saturated heterocycles. The van der Waals surface area contributed by atoms with Crippen molar-refractivity contribution in [3.8, 4) is 5.75 Å². The summed E-state index contributed by atoms with van der Waals surface area (Å²) >= 11 is 0. The van der Waals surface area contributed by atoms with Gasteiger partial charge in [0.05, 0.1) is 6.61 Å². The van der Waals surface area contributed by atoms with E-state index in [-0.39, 0.29) is 5.82 Å². The molecule has 3 nitrogen and oxygen atoms in total. The summed E-state index contributed by atoms with van der Waals surface area (Å²) in [5.41, 5.74) is 0. The first-order valence-electron chi connectivity index (χ1n) is 6.64. The minimum absolute atomic E-state index is 0.216. The zero-order chi connectivity index (χ0) is 12.4. The van der Waals surface area contributed by atoms with Crippen LogP contribution in [0.15, 0.2) is 24.3 Å². The first-order valence-corrected chi connectivity index (χ1v) is 6.64. The van der Waals surface area contributed by atoms with Crippen molar-refractivity contribution in [3.63, 3.8) is 0 Å². The molecule has 1 aromatic rings. The van der Waals surface area contributed by atoms with Gasteiger partial charge in [-0.25, -0.2) is 4.39 Å². The Balaban J connectivity index is 1.50. The second-order valence-electron chi connectivity index (χ2n) is 5.22. The lowest BCUT2D eigenvalue weighted by atomic mass is 10.1. The van der Waals surface area contributed by atoms with Gasteiger partial charge in [0.1, 0.15) is 11.6 Å². The molecule has 2 atom stereocenters. The van der Waals surface area contributed by atoms with Crippen LogP contribution in [0, 0.1) is 11.7 Å². The number of piperazine rings is 1. The molecule has 1 N–H and O–H groups in total. The average molecular weight is 250 g/mol. The number of halogens is 1. The fraction of sp³-hybridized carbons (Fsp3) is 0.571. The van der Waals surface area contributed by atoms with Gasteiger partial charge in [-0.2, -0.15) is 0 Å². The Kier molecular flexibility index (Phi) is 3.48. The maximum absolute atomic E-state index is 12.8. The minimum Gasteiger partial charge on any atom is -0.493 e. The summed E-state index contributed by atoms with van der Waals surface area (Å²) in [6, 6.07) is 6.95. The number of ether oxygens (including phenoxy) is 1. The summed E-state index contributed by atoms with van der Waals surface area (Å²) in [6.07, 6.45) is 1.20. The number of nitrogens with zero attached hydrogens (tertiary/aromatic N) is 1. The molecule has 4 heteroatoms. The van der Waals surface area contributed by atoms with Crippen LogP contribution in [0.5, 0.6) is 5.75 Å². The van der Waals surface area contributed by atoms with E-state index in [1.54, 1.807) is 12.1 Å². The maximum atomic E-state index is 12.8. The van der Waals surface area contributed by atoms with Crippen LogP contribution in [0.1, 0.15) is 6.42 Å². The summed E-state index contributed by atoms with van der Waals surface area (Å²) < 4.78 is 18.5. The van der Waals surface area contributed by atoms with Gasteiger partial charge in [0, 0.05) is 38.1 Å². The van der Waals surface area contributed by atoms with E-state index in [0.29, 0.717) is 12.0 Å². The van der Waals surface area contributed by atoms with Crippen molar-refractivity contribution < 1.29 is 9.13 Å². The first-order chi connectivity index (χ1) is 8.81. The number of fused-ring (bicyclic) bond motifs is 1. The quantitative estimate of drug-likeness (QED) is 0.880. The summed E-state index contributed by atoms with van der Waals surface area (Å²) in [5.74, 6) is 1.14. The highest BCUT2D eigenvalue weighted by molar-refractivity contribution is 5.22. The SMILES string of the molecule is Fc1ccc(OCC2C[C@H]3CNCCN3C2)cc1. The lowest BCUT2D eigenvalue weighted by Crippen LogP contribution is -2.47. The van der Waals surface area contributed by atoms with E-state index < -0.39 is 0 Å². The third-order valence-corrected chi connectivity index (χ3v) is 3.87. The zero-order valence-electron chi connectivity index (χ0n) is 10.4. The molecule has 0 amide bonds. The van der Waals surface area contributed by atoms with E-state index in [0.717, 1.165) is 38.5 Å². The predicted octanol–water partition coefficient (Wildman–Crippen LogP) is 1.50. The van der Waals surface area contributed by atoms with Gasteiger partial charge in [-0.15, -0.1) is 0 Å². The van der Waals surface area contributed by atoms with Gasteiger partial charge >= 0.3 is 0 Å². The van der Waals surface area contributed by atoms with Gasteiger partial charge in [-0.3, -0.25) is 4.90 Å². The van der Waals surface area contributed by atoms with Crippen molar-refractivity contribution in [2.24, 2.45) is 5.92 Å². The summed E-state index contributed by atoms with van der Waals surface area (Å²) in [7, 11) is 0. The fourth-order valence-electron chi connectivity index (χ4n) is 2.93. The Morgan fingerprint density at radius 3 is 2.94 bits per heavy atom.